The van der Waals surface area contributed by atoms with Crippen LogP contribution < -0.4 is 24.8 Å². The Labute approximate surface area is 389 Å². The molecule has 0 aliphatic rings. The first-order valence-electron chi connectivity index (χ1n) is 20.2. The molecule has 0 saturated carbocycles. The van der Waals surface area contributed by atoms with Crippen LogP contribution in [-0.2, 0) is 78.1 Å². The molecule has 0 aliphatic heterocycles. The van der Waals surface area contributed by atoms with Gasteiger partial charge in [0.15, 0.2) is 0 Å². The third-order valence-corrected chi connectivity index (χ3v) is 10.3. The Balaban J connectivity index is 0.000000365. The number of hydrogen-bond acceptors (Lipinski definition) is 0. The summed E-state index contributed by atoms with van der Waals surface area (Å²) in [6.45, 7) is 8.96. The van der Waals surface area contributed by atoms with E-state index in [1.54, 1.807) is 0 Å². The molecule has 0 N–H and O–H groups in total. The molecule has 56 heavy (non-hydrogen) atoms. The second-order valence-corrected chi connectivity index (χ2v) is 14.2. The molecule has 0 spiro atoms. The van der Waals surface area contributed by atoms with Gasteiger partial charge < -0.3 is 24.8 Å². The number of aryl methyl sites for hydroxylation is 4. The molecule has 0 unspecified atom stereocenters. The number of unbranched alkanes of at least 4 members (excludes halogenated alkanes) is 4. The largest absolute Gasteiger partial charge is 2.00 e. The van der Waals surface area contributed by atoms with E-state index in [2.05, 4.69) is 173 Å². The summed E-state index contributed by atoms with van der Waals surface area (Å²) in [7, 11) is 0. The van der Waals surface area contributed by atoms with Gasteiger partial charge in [0.25, 0.3) is 0 Å². The third kappa shape index (κ3) is 15.1. The minimum Gasteiger partial charge on any atom is -1.00 e. The van der Waals surface area contributed by atoms with E-state index in [0.29, 0.717) is 0 Å². The van der Waals surface area contributed by atoms with Crippen molar-refractivity contribution in [3.05, 3.63) is 168 Å². The third-order valence-electron chi connectivity index (χ3n) is 10.3. The van der Waals surface area contributed by atoms with Crippen LogP contribution in [0.25, 0.3) is 43.1 Å². The van der Waals surface area contributed by atoms with Gasteiger partial charge in [0, 0.05) is 0 Å². The summed E-state index contributed by atoms with van der Waals surface area (Å²) in [5.74, 6) is 0. The van der Waals surface area contributed by atoms with Gasteiger partial charge in [0.2, 0.25) is 0 Å². The van der Waals surface area contributed by atoms with Gasteiger partial charge in [-0.3, -0.25) is 0 Å². The minimum atomic E-state index is 0. The molecular weight excluding hydrogens is 878 g/mol. The predicted octanol–water partition coefficient (Wildman–Crippen LogP) is 9.61. The molecular formula is C52H60Cl2Zr2-2. The van der Waals surface area contributed by atoms with Crippen LogP contribution in [0.4, 0.5) is 0 Å². The van der Waals surface area contributed by atoms with Crippen LogP contribution in [-0.4, -0.2) is 0 Å². The molecule has 0 amide bonds. The average molecular weight is 938 g/mol. The van der Waals surface area contributed by atoms with Gasteiger partial charge in [0.05, 0.1) is 0 Å². The fraction of sp³-hybridized carbons (Fsp3) is 0.308. The molecule has 0 aromatic heterocycles. The van der Waals surface area contributed by atoms with E-state index in [1.165, 1.54) is 142 Å². The zero-order valence-corrected chi connectivity index (χ0v) is 40.5. The smallest absolute Gasteiger partial charge is 1.00 e. The van der Waals surface area contributed by atoms with Crippen LogP contribution in [0.15, 0.2) is 146 Å². The number of benzene rings is 4. The Hall–Kier alpha value is -2.33. The molecule has 8 aromatic carbocycles. The van der Waals surface area contributed by atoms with Gasteiger partial charge in [-0.15, -0.1) is 162 Å². The topological polar surface area (TPSA) is 0 Å². The molecule has 4 heteroatoms. The summed E-state index contributed by atoms with van der Waals surface area (Å²) in [5.41, 5.74) is 6.05. The van der Waals surface area contributed by atoms with Crippen molar-refractivity contribution in [3.63, 3.8) is 0 Å². The molecule has 0 atom stereocenters. The van der Waals surface area contributed by atoms with Crippen molar-refractivity contribution in [1.82, 2.24) is 0 Å². The van der Waals surface area contributed by atoms with E-state index in [0.717, 1.165) is 0 Å². The van der Waals surface area contributed by atoms with Crippen LogP contribution >= 0.6 is 0 Å². The van der Waals surface area contributed by atoms with E-state index < -0.39 is 0 Å². The summed E-state index contributed by atoms with van der Waals surface area (Å²) >= 11 is 0. The summed E-state index contributed by atoms with van der Waals surface area (Å²) in [5, 5.41) is 11.3. The van der Waals surface area contributed by atoms with Crippen LogP contribution in [0.5, 0.6) is 0 Å². The number of halogens is 2. The van der Waals surface area contributed by atoms with Crippen molar-refractivity contribution in [1.29, 1.82) is 0 Å². The second-order valence-electron chi connectivity index (χ2n) is 14.2. The Bertz CT molecular complexity index is 1860. The Morgan fingerprint density at radius 1 is 0.304 bits per heavy atom. The standard InChI is InChI=1S/4C13H15.2ClH.2Zr/c4*1-2-3-6-11-9-10-12-7-4-5-8-13(11)12;;;;/h4*4-5,7-10H,2-3,6H2,1H3;2*1H;;/q4*-1;;;2*+2/p-2. The van der Waals surface area contributed by atoms with E-state index in [4.69, 9.17) is 0 Å². The number of fused-ring (bicyclic) bond motifs is 4. The predicted molar refractivity (Wildman–Crippen MR) is 233 cm³/mol. The molecule has 0 fully saturated rings. The van der Waals surface area contributed by atoms with Gasteiger partial charge in [-0.25, -0.2) is 0 Å². The Morgan fingerprint density at radius 3 is 0.696 bits per heavy atom. The molecule has 0 aliphatic carbocycles. The van der Waals surface area contributed by atoms with E-state index in [9.17, 15) is 0 Å². The molecule has 0 heterocycles. The quantitative estimate of drug-likeness (QED) is 0.107. The zero-order chi connectivity index (χ0) is 36.4. The van der Waals surface area contributed by atoms with Crippen LogP contribution in [0, 0.1) is 0 Å². The van der Waals surface area contributed by atoms with Crippen molar-refractivity contribution in [2.45, 2.75) is 105 Å². The van der Waals surface area contributed by atoms with Crippen molar-refractivity contribution in [3.8, 4) is 0 Å². The maximum absolute atomic E-state index is 2.26. The first-order chi connectivity index (χ1) is 25.7. The summed E-state index contributed by atoms with van der Waals surface area (Å²) in [6, 6.07) is 52.5. The number of hydrogen-bond donors (Lipinski definition) is 0. The molecule has 8 aromatic rings. The molecule has 0 nitrogen and oxygen atoms in total. The van der Waals surface area contributed by atoms with E-state index in [1.807, 2.05) is 0 Å². The molecule has 0 bridgehead atoms. The first kappa shape index (κ1) is 51.7. The van der Waals surface area contributed by atoms with Gasteiger partial charge in [0.1, 0.15) is 0 Å². The van der Waals surface area contributed by atoms with Gasteiger partial charge in [-0.1, -0.05) is 129 Å². The summed E-state index contributed by atoms with van der Waals surface area (Å²) in [4.78, 5) is 0. The van der Waals surface area contributed by atoms with Gasteiger partial charge in [-0.2, -0.15) is 24.3 Å². The maximum atomic E-state index is 2.26. The van der Waals surface area contributed by atoms with Crippen molar-refractivity contribution in [2.75, 3.05) is 0 Å². The second kappa shape index (κ2) is 29.0. The van der Waals surface area contributed by atoms with Crippen LogP contribution in [0.1, 0.15) is 101 Å². The van der Waals surface area contributed by atoms with Crippen molar-refractivity contribution < 1.29 is 77.2 Å². The molecule has 292 valence electrons. The van der Waals surface area contributed by atoms with E-state index >= 15 is 0 Å². The SMILES string of the molecule is CCCC[c-]1ccc2ccccc21.CCCC[c-]1ccc2ccccc21.CCCC[c-]1ccc2ccccc21.CCCC[c-]1ccc2ccccc21.[Cl-].[Cl-].[Zr+2].[Zr+2]. The van der Waals surface area contributed by atoms with Crippen LogP contribution in [0.2, 0.25) is 0 Å². The molecule has 0 radical (unpaired) electrons. The normalized spacial score (nSPS) is 10.1. The van der Waals surface area contributed by atoms with Gasteiger partial charge >= 0.3 is 52.4 Å². The average Bonchev–Trinajstić information content (AvgIpc) is 4.01. The summed E-state index contributed by atoms with van der Waals surface area (Å²) in [6.07, 6.45) is 15.2. The fourth-order valence-corrected chi connectivity index (χ4v) is 7.20. The monoisotopic (exact) mass is 934 g/mol. The maximum Gasteiger partial charge on any atom is 2.00 e. The Kier molecular flexibility index (Phi) is 26.7. The van der Waals surface area contributed by atoms with Crippen molar-refractivity contribution in [2.24, 2.45) is 0 Å². The van der Waals surface area contributed by atoms with Crippen LogP contribution in [0.3, 0.4) is 0 Å². The van der Waals surface area contributed by atoms with Gasteiger partial charge in [-0.05, 0) is 0 Å². The fourth-order valence-electron chi connectivity index (χ4n) is 7.20. The molecule has 0 saturated heterocycles. The van der Waals surface area contributed by atoms with E-state index in [-0.39, 0.29) is 77.2 Å². The van der Waals surface area contributed by atoms with Crippen molar-refractivity contribution >= 4 is 43.1 Å². The summed E-state index contributed by atoms with van der Waals surface area (Å²) < 4.78 is 0. The zero-order valence-electron chi connectivity index (χ0n) is 34.1. The Morgan fingerprint density at radius 2 is 0.500 bits per heavy atom. The first-order valence-corrected chi connectivity index (χ1v) is 20.2. The number of rotatable bonds is 12. The minimum absolute atomic E-state index is 0. The molecule has 8 rings (SSSR count).